The van der Waals surface area contributed by atoms with E-state index in [4.69, 9.17) is 4.74 Å². The second kappa shape index (κ2) is 9.39. The first kappa shape index (κ1) is 21.8. The minimum atomic E-state index is -0.518. The molecule has 0 bridgehead atoms. The summed E-state index contributed by atoms with van der Waals surface area (Å²) in [4.78, 5) is 17.0. The standard InChI is InChI=1S/C26H30N4O2/c1-18-9-10-20(3)24(17-18)32-21(4)26(31)30-15-13-29(14-16-30)25-12-11-23(27-28-25)22-8-6-5-7-19(22)2/h5-12,17,21H,13-16H2,1-4H3. The Hall–Kier alpha value is -3.41. The lowest BCUT2D eigenvalue weighted by molar-refractivity contribution is -0.138. The Labute approximate surface area is 189 Å². The molecule has 1 aromatic heterocycles. The Morgan fingerprint density at radius 2 is 1.66 bits per heavy atom. The fourth-order valence-corrected chi connectivity index (χ4v) is 3.99. The van der Waals surface area contributed by atoms with E-state index in [1.165, 1.54) is 5.56 Å². The van der Waals surface area contributed by atoms with Gasteiger partial charge in [0.1, 0.15) is 5.75 Å². The zero-order chi connectivity index (χ0) is 22.7. The van der Waals surface area contributed by atoms with Gasteiger partial charge < -0.3 is 14.5 Å². The predicted octanol–water partition coefficient (Wildman–Crippen LogP) is 4.18. The molecule has 1 amide bonds. The quantitative estimate of drug-likeness (QED) is 0.608. The molecule has 0 N–H and O–H groups in total. The van der Waals surface area contributed by atoms with Gasteiger partial charge in [-0.25, -0.2) is 0 Å². The summed E-state index contributed by atoms with van der Waals surface area (Å²) in [6.45, 7) is 10.6. The molecule has 1 unspecified atom stereocenters. The lowest BCUT2D eigenvalue weighted by Gasteiger charge is -2.36. The first-order chi connectivity index (χ1) is 15.4. The largest absolute Gasteiger partial charge is 0.481 e. The number of rotatable bonds is 5. The highest BCUT2D eigenvalue weighted by molar-refractivity contribution is 5.81. The number of anilines is 1. The minimum Gasteiger partial charge on any atom is -0.481 e. The van der Waals surface area contributed by atoms with E-state index in [0.717, 1.165) is 47.0 Å². The molecule has 1 saturated heterocycles. The van der Waals surface area contributed by atoms with Gasteiger partial charge in [-0.15, -0.1) is 10.2 Å². The smallest absolute Gasteiger partial charge is 0.263 e. The number of ether oxygens (including phenoxy) is 1. The first-order valence-corrected chi connectivity index (χ1v) is 11.1. The third-order valence-electron chi connectivity index (χ3n) is 5.98. The van der Waals surface area contributed by atoms with Crippen molar-refractivity contribution in [3.63, 3.8) is 0 Å². The van der Waals surface area contributed by atoms with Crippen LogP contribution in [-0.2, 0) is 4.79 Å². The molecule has 2 aromatic carbocycles. The van der Waals surface area contributed by atoms with Crippen molar-refractivity contribution in [2.45, 2.75) is 33.8 Å². The fourth-order valence-electron chi connectivity index (χ4n) is 3.99. The lowest BCUT2D eigenvalue weighted by atomic mass is 10.1. The molecule has 3 aromatic rings. The van der Waals surface area contributed by atoms with Gasteiger partial charge in [-0.05, 0) is 62.6 Å². The Morgan fingerprint density at radius 3 is 2.34 bits per heavy atom. The summed E-state index contributed by atoms with van der Waals surface area (Å²) in [7, 11) is 0. The van der Waals surface area contributed by atoms with E-state index >= 15 is 0 Å². The predicted molar refractivity (Wildman–Crippen MR) is 127 cm³/mol. The van der Waals surface area contributed by atoms with Crippen LogP contribution in [0.4, 0.5) is 5.82 Å². The van der Waals surface area contributed by atoms with E-state index in [0.29, 0.717) is 13.1 Å². The van der Waals surface area contributed by atoms with Gasteiger partial charge in [0.15, 0.2) is 11.9 Å². The molecule has 4 rings (SSSR count). The van der Waals surface area contributed by atoms with Crippen molar-refractivity contribution in [3.05, 3.63) is 71.3 Å². The number of amides is 1. The van der Waals surface area contributed by atoms with Gasteiger partial charge in [0.2, 0.25) is 0 Å². The molecule has 166 valence electrons. The Bertz CT molecular complexity index is 1090. The van der Waals surface area contributed by atoms with Crippen molar-refractivity contribution in [2.24, 2.45) is 0 Å². The van der Waals surface area contributed by atoms with E-state index in [2.05, 4.69) is 34.2 Å². The van der Waals surface area contributed by atoms with Gasteiger partial charge in [-0.2, -0.15) is 0 Å². The third kappa shape index (κ3) is 4.74. The summed E-state index contributed by atoms with van der Waals surface area (Å²) in [6.07, 6.45) is -0.518. The highest BCUT2D eigenvalue weighted by Crippen LogP contribution is 2.23. The highest BCUT2D eigenvalue weighted by atomic mass is 16.5. The average Bonchev–Trinajstić information content (AvgIpc) is 2.81. The number of nitrogens with zero attached hydrogens (tertiary/aromatic N) is 4. The molecule has 32 heavy (non-hydrogen) atoms. The van der Waals surface area contributed by atoms with E-state index < -0.39 is 6.10 Å². The van der Waals surface area contributed by atoms with Gasteiger partial charge >= 0.3 is 0 Å². The summed E-state index contributed by atoms with van der Waals surface area (Å²) in [5.41, 5.74) is 5.30. The topological polar surface area (TPSA) is 58.6 Å². The van der Waals surface area contributed by atoms with Crippen LogP contribution in [0.25, 0.3) is 11.3 Å². The Morgan fingerprint density at radius 1 is 0.906 bits per heavy atom. The average molecular weight is 431 g/mol. The second-order valence-electron chi connectivity index (χ2n) is 8.43. The monoisotopic (exact) mass is 430 g/mol. The summed E-state index contributed by atoms with van der Waals surface area (Å²) in [5.74, 6) is 1.63. The van der Waals surface area contributed by atoms with Crippen LogP contribution in [0.5, 0.6) is 5.75 Å². The van der Waals surface area contributed by atoms with E-state index in [1.807, 2.05) is 68.1 Å². The number of hydrogen-bond acceptors (Lipinski definition) is 5. The van der Waals surface area contributed by atoms with Crippen LogP contribution in [0.15, 0.2) is 54.6 Å². The maximum atomic E-state index is 12.9. The van der Waals surface area contributed by atoms with Gasteiger partial charge in [-0.1, -0.05) is 36.4 Å². The molecule has 1 atom stereocenters. The number of piperazine rings is 1. The van der Waals surface area contributed by atoms with E-state index in [1.54, 1.807) is 0 Å². The molecule has 1 fully saturated rings. The SMILES string of the molecule is Cc1ccc(C)c(OC(C)C(=O)N2CCN(c3ccc(-c4ccccc4C)nn3)CC2)c1. The molecule has 0 radical (unpaired) electrons. The molecule has 6 nitrogen and oxygen atoms in total. The van der Waals surface area contributed by atoms with Gasteiger partial charge in [0, 0.05) is 31.7 Å². The van der Waals surface area contributed by atoms with Gasteiger partial charge in [-0.3, -0.25) is 4.79 Å². The highest BCUT2D eigenvalue weighted by Gasteiger charge is 2.27. The van der Waals surface area contributed by atoms with Crippen LogP contribution >= 0.6 is 0 Å². The number of carbonyl (C=O) groups is 1. The first-order valence-electron chi connectivity index (χ1n) is 11.1. The third-order valence-corrected chi connectivity index (χ3v) is 5.98. The summed E-state index contributed by atoms with van der Waals surface area (Å²) in [6, 6.07) is 18.2. The summed E-state index contributed by atoms with van der Waals surface area (Å²) >= 11 is 0. The number of aryl methyl sites for hydroxylation is 3. The second-order valence-corrected chi connectivity index (χ2v) is 8.43. The van der Waals surface area contributed by atoms with Crippen molar-refractivity contribution >= 4 is 11.7 Å². The molecule has 1 aliphatic heterocycles. The lowest BCUT2D eigenvalue weighted by Crippen LogP contribution is -2.52. The number of aromatic nitrogens is 2. The van der Waals surface area contributed by atoms with Crippen molar-refractivity contribution in [2.75, 3.05) is 31.1 Å². The summed E-state index contributed by atoms with van der Waals surface area (Å²) in [5, 5.41) is 8.88. The molecular formula is C26H30N4O2. The van der Waals surface area contributed by atoms with Crippen LogP contribution in [0, 0.1) is 20.8 Å². The zero-order valence-electron chi connectivity index (χ0n) is 19.2. The zero-order valence-corrected chi connectivity index (χ0v) is 19.2. The molecule has 0 saturated carbocycles. The van der Waals surface area contributed by atoms with Crippen molar-refractivity contribution in [1.82, 2.24) is 15.1 Å². The molecule has 6 heteroatoms. The summed E-state index contributed by atoms with van der Waals surface area (Å²) < 4.78 is 5.99. The molecule has 2 heterocycles. The number of hydrogen-bond donors (Lipinski definition) is 0. The number of carbonyl (C=O) groups excluding carboxylic acids is 1. The Kier molecular flexibility index (Phi) is 6.40. The molecular weight excluding hydrogens is 400 g/mol. The van der Waals surface area contributed by atoms with Crippen LogP contribution < -0.4 is 9.64 Å². The van der Waals surface area contributed by atoms with Gasteiger partial charge in [0.25, 0.3) is 5.91 Å². The van der Waals surface area contributed by atoms with Crippen LogP contribution in [-0.4, -0.2) is 53.3 Å². The van der Waals surface area contributed by atoms with Crippen molar-refractivity contribution < 1.29 is 9.53 Å². The van der Waals surface area contributed by atoms with Crippen molar-refractivity contribution in [3.8, 4) is 17.0 Å². The van der Waals surface area contributed by atoms with E-state index in [9.17, 15) is 4.79 Å². The Balaban J connectivity index is 1.35. The van der Waals surface area contributed by atoms with Crippen LogP contribution in [0.2, 0.25) is 0 Å². The maximum Gasteiger partial charge on any atom is 0.263 e. The van der Waals surface area contributed by atoms with Crippen LogP contribution in [0.3, 0.4) is 0 Å². The normalized spacial score (nSPS) is 14.9. The molecule has 0 aliphatic carbocycles. The van der Waals surface area contributed by atoms with Crippen LogP contribution in [0.1, 0.15) is 23.6 Å². The minimum absolute atomic E-state index is 0.0199. The van der Waals surface area contributed by atoms with Crippen molar-refractivity contribution in [1.29, 1.82) is 0 Å². The van der Waals surface area contributed by atoms with E-state index in [-0.39, 0.29) is 5.91 Å². The molecule has 1 aliphatic rings. The number of benzene rings is 2. The molecule has 0 spiro atoms. The van der Waals surface area contributed by atoms with Gasteiger partial charge in [0.05, 0.1) is 5.69 Å². The maximum absolute atomic E-state index is 12.9. The fraction of sp³-hybridized carbons (Fsp3) is 0.346.